The van der Waals surface area contributed by atoms with Crippen LogP contribution in [0.2, 0.25) is 0 Å². The van der Waals surface area contributed by atoms with Gasteiger partial charge in [0.2, 0.25) is 0 Å². The molecule has 1 saturated heterocycles. The summed E-state index contributed by atoms with van der Waals surface area (Å²) in [6.07, 6.45) is 11.1. The molecule has 0 radical (unpaired) electrons. The van der Waals surface area contributed by atoms with Crippen LogP contribution < -0.4 is 0 Å². The highest BCUT2D eigenvalue weighted by Gasteiger charge is 2.25. The zero-order chi connectivity index (χ0) is 10.5. The van der Waals surface area contributed by atoms with Gasteiger partial charge in [0.15, 0.2) is 0 Å². The second-order valence-corrected chi connectivity index (χ2v) is 4.56. The molecule has 2 aliphatic rings. The standard InChI is InChI=1S/C13H22N2/c1-2-7-12-13(8-6-9-14-12)15-10-4-3-5-11-15/h2,7,13H,3-6,8-11H2,1H3. The quantitative estimate of drug-likeness (QED) is 0.678. The number of aliphatic imine (C=N–C) groups is 1. The SMILES string of the molecule is CC=CC1=NCCCC1N1CCCCC1. The smallest absolute Gasteiger partial charge is 0.0516 e. The van der Waals surface area contributed by atoms with Crippen molar-refractivity contribution in [2.24, 2.45) is 4.99 Å². The number of rotatable bonds is 2. The highest BCUT2D eigenvalue weighted by Crippen LogP contribution is 2.20. The van der Waals surface area contributed by atoms with Gasteiger partial charge < -0.3 is 0 Å². The monoisotopic (exact) mass is 206 g/mol. The van der Waals surface area contributed by atoms with Crippen LogP contribution >= 0.6 is 0 Å². The molecular formula is C13H22N2. The molecule has 2 heteroatoms. The second-order valence-electron chi connectivity index (χ2n) is 4.56. The van der Waals surface area contributed by atoms with Gasteiger partial charge in [-0.25, -0.2) is 0 Å². The van der Waals surface area contributed by atoms with Gasteiger partial charge in [-0.15, -0.1) is 0 Å². The van der Waals surface area contributed by atoms with E-state index in [0.29, 0.717) is 6.04 Å². The molecule has 1 unspecified atom stereocenters. The van der Waals surface area contributed by atoms with Gasteiger partial charge in [0, 0.05) is 6.54 Å². The summed E-state index contributed by atoms with van der Waals surface area (Å²) in [4.78, 5) is 7.30. The van der Waals surface area contributed by atoms with E-state index in [-0.39, 0.29) is 0 Å². The molecule has 1 atom stereocenters. The molecule has 0 aromatic rings. The normalized spacial score (nSPS) is 29.4. The fraction of sp³-hybridized carbons (Fsp3) is 0.769. The third-order valence-electron chi connectivity index (χ3n) is 3.44. The van der Waals surface area contributed by atoms with Crippen LogP contribution in [0, 0.1) is 0 Å². The Hall–Kier alpha value is -0.630. The van der Waals surface area contributed by atoms with E-state index in [1.165, 1.54) is 50.9 Å². The van der Waals surface area contributed by atoms with Crippen molar-refractivity contribution in [3.8, 4) is 0 Å². The first-order chi connectivity index (χ1) is 7.42. The van der Waals surface area contributed by atoms with Gasteiger partial charge >= 0.3 is 0 Å². The first-order valence-corrected chi connectivity index (χ1v) is 6.33. The Morgan fingerprint density at radius 3 is 2.73 bits per heavy atom. The molecule has 0 spiro atoms. The van der Waals surface area contributed by atoms with E-state index in [4.69, 9.17) is 0 Å². The van der Waals surface area contributed by atoms with Crippen molar-refractivity contribution in [2.75, 3.05) is 19.6 Å². The van der Waals surface area contributed by atoms with Crippen LogP contribution in [0.5, 0.6) is 0 Å². The first-order valence-electron chi connectivity index (χ1n) is 6.33. The number of nitrogens with zero attached hydrogens (tertiary/aromatic N) is 2. The topological polar surface area (TPSA) is 15.6 Å². The van der Waals surface area contributed by atoms with Crippen LogP contribution in [0.3, 0.4) is 0 Å². The van der Waals surface area contributed by atoms with E-state index < -0.39 is 0 Å². The molecule has 84 valence electrons. The first kappa shape index (κ1) is 10.9. The lowest BCUT2D eigenvalue weighted by molar-refractivity contribution is 0.190. The van der Waals surface area contributed by atoms with E-state index in [0.717, 1.165) is 6.54 Å². The predicted octanol–water partition coefficient (Wildman–Crippen LogP) is 2.65. The summed E-state index contributed by atoms with van der Waals surface area (Å²) in [6, 6.07) is 0.621. The summed E-state index contributed by atoms with van der Waals surface area (Å²) in [5, 5.41) is 0. The van der Waals surface area contributed by atoms with Crippen molar-refractivity contribution in [3.05, 3.63) is 12.2 Å². The minimum atomic E-state index is 0.621. The fourth-order valence-corrected chi connectivity index (χ4v) is 2.68. The van der Waals surface area contributed by atoms with Crippen LogP contribution in [-0.2, 0) is 0 Å². The van der Waals surface area contributed by atoms with Crippen molar-refractivity contribution < 1.29 is 0 Å². The second kappa shape index (κ2) is 5.45. The number of hydrogen-bond donors (Lipinski definition) is 0. The molecule has 0 saturated carbocycles. The molecule has 0 aliphatic carbocycles. The third kappa shape index (κ3) is 2.69. The fourth-order valence-electron chi connectivity index (χ4n) is 2.68. The third-order valence-corrected chi connectivity index (χ3v) is 3.44. The minimum Gasteiger partial charge on any atom is -0.295 e. The zero-order valence-electron chi connectivity index (χ0n) is 9.78. The molecule has 15 heavy (non-hydrogen) atoms. The van der Waals surface area contributed by atoms with Crippen LogP contribution in [-0.4, -0.2) is 36.3 Å². The lowest BCUT2D eigenvalue weighted by Crippen LogP contribution is -2.45. The molecule has 1 fully saturated rings. The molecule has 0 aromatic carbocycles. The average molecular weight is 206 g/mol. The molecule has 2 heterocycles. The van der Waals surface area contributed by atoms with Gasteiger partial charge in [-0.05, 0) is 51.8 Å². The lowest BCUT2D eigenvalue weighted by Gasteiger charge is -2.36. The summed E-state index contributed by atoms with van der Waals surface area (Å²) in [5.74, 6) is 0. The average Bonchev–Trinajstić information content (AvgIpc) is 2.31. The van der Waals surface area contributed by atoms with Gasteiger partial charge in [-0.3, -0.25) is 9.89 Å². The lowest BCUT2D eigenvalue weighted by atomic mass is 9.98. The molecule has 0 N–H and O–H groups in total. The highest BCUT2D eigenvalue weighted by atomic mass is 15.2. The highest BCUT2D eigenvalue weighted by molar-refractivity contribution is 5.99. The molecule has 2 aliphatic heterocycles. The number of allylic oxidation sites excluding steroid dienone is 1. The molecule has 0 aromatic heterocycles. The largest absolute Gasteiger partial charge is 0.295 e. The minimum absolute atomic E-state index is 0.621. The van der Waals surface area contributed by atoms with E-state index in [1.54, 1.807) is 0 Å². The number of piperidine rings is 1. The van der Waals surface area contributed by atoms with Crippen molar-refractivity contribution in [1.82, 2.24) is 4.90 Å². The van der Waals surface area contributed by atoms with Crippen molar-refractivity contribution in [3.63, 3.8) is 0 Å². The van der Waals surface area contributed by atoms with Gasteiger partial charge in [-0.2, -0.15) is 0 Å². The summed E-state index contributed by atoms with van der Waals surface area (Å²) >= 11 is 0. The molecule has 2 rings (SSSR count). The Morgan fingerprint density at radius 1 is 1.20 bits per heavy atom. The maximum Gasteiger partial charge on any atom is 0.0516 e. The van der Waals surface area contributed by atoms with Crippen LogP contribution in [0.15, 0.2) is 17.1 Å². The molecule has 0 amide bonds. The molecular weight excluding hydrogens is 184 g/mol. The predicted molar refractivity (Wildman–Crippen MR) is 65.6 cm³/mol. The molecule has 0 bridgehead atoms. The van der Waals surface area contributed by atoms with Gasteiger partial charge in [0.05, 0.1) is 11.8 Å². The van der Waals surface area contributed by atoms with Crippen LogP contribution in [0.1, 0.15) is 39.0 Å². The van der Waals surface area contributed by atoms with Gasteiger partial charge in [0.25, 0.3) is 0 Å². The van der Waals surface area contributed by atoms with Crippen molar-refractivity contribution in [2.45, 2.75) is 45.1 Å². The van der Waals surface area contributed by atoms with Crippen molar-refractivity contribution >= 4 is 5.71 Å². The number of hydrogen-bond acceptors (Lipinski definition) is 2. The van der Waals surface area contributed by atoms with Gasteiger partial charge in [0.1, 0.15) is 0 Å². The van der Waals surface area contributed by atoms with Gasteiger partial charge in [-0.1, -0.05) is 12.5 Å². The molecule has 2 nitrogen and oxygen atoms in total. The van der Waals surface area contributed by atoms with E-state index in [1.807, 2.05) is 0 Å². The summed E-state index contributed by atoms with van der Waals surface area (Å²) in [6.45, 7) is 5.68. The summed E-state index contributed by atoms with van der Waals surface area (Å²) < 4.78 is 0. The van der Waals surface area contributed by atoms with Crippen LogP contribution in [0.25, 0.3) is 0 Å². The Kier molecular flexibility index (Phi) is 3.95. The summed E-state index contributed by atoms with van der Waals surface area (Å²) in [5.41, 5.74) is 1.32. The maximum absolute atomic E-state index is 4.66. The van der Waals surface area contributed by atoms with Crippen molar-refractivity contribution in [1.29, 1.82) is 0 Å². The maximum atomic E-state index is 4.66. The van der Waals surface area contributed by atoms with E-state index in [2.05, 4.69) is 29.0 Å². The van der Waals surface area contributed by atoms with E-state index in [9.17, 15) is 0 Å². The summed E-state index contributed by atoms with van der Waals surface area (Å²) in [7, 11) is 0. The Bertz CT molecular complexity index is 249. The zero-order valence-corrected chi connectivity index (χ0v) is 9.78. The van der Waals surface area contributed by atoms with E-state index >= 15 is 0 Å². The van der Waals surface area contributed by atoms with Crippen LogP contribution in [0.4, 0.5) is 0 Å². The number of likely N-dealkylation sites (tertiary alicyclic amines) is 1. The Morgan fingerprint density at radius 2 is 2.00 bits per heavy atom. The Balaban J connectivity index is 2.04. The Labute approximate surface area is 93.1 Å².